The fourth-order valence-corrected chi connectivity index (χ4v) is 5.70. The maximum Gasteiger partial charge on any atom is 0.283 e. The highest BCUT2D eigenvalue weighted by Crippen LogP contribution is 2.46. The van der Waals surface area contributed by atoms with E-state index in [1.165, 1.54) is 44.2 Å². The van der Waals surface area contributed by atoms with E-state index in [9.17, 15) is 13.5 Å². The van der Waals surface area contributed by atoms with Gasteiger partial charge in [0.2, 0.25) is 0 Å². The van der Waals surface area contributed by atoms with Gasteiger partial charge in [0.25, 0.3) is 10.0 Å². The molecule has 0 saturated heterocycles. The number of benzene rings is 1. The van der Waals surface area contributed by atoms with Gasteiger partial charge >= 0.3 is 0 Å². The van der Waals surface area contributed by atoms with Crippen LogP contribution in [0.2, 0.25) is 5.02 Å². The minimum absolute atomic E-state index is 0.0644. The van der Waals surface area contributed by atoms with Gasteiger partial charge < -0.3 is 14.6 Å². The molecule has 1 heterocycles. The minimum Gasteiger partial charge on any atom is -0.616 e. The number of hydrogen-bond donors (Lipinski definition) is 0. The Hall–Kier alpha value is -1.64. The molecule has 2 aliphatic rings. The van der Waals surface area contributed by atoms with Crippen molar-refractivity contribution in [2.75, 3.05) is 14.2 Å². The van der Waals surface area contributed by atoms with Crippen LogP contribution < -0.4 is 9.84 Å². The van der Waals surface area contributed by atoms with Crippen LogP contribution in [0.4, 0.5) is 0 Å². The molecule has 0 fully saturated rings. The average molecular weight is 415 g/mol. The molecule has 0 bridgehead atoms. The number of rotatable bonds is 4. The number of methoxy groups -OCH3 is 2. The summed E-state index contributed by atoms with van der Waals surface area (Å²) in [6.07, 6.45) is 3.50. The number of thioether (sulfide) groups is 1. The molecule has 1 aromatic carbocycles. The van der Waals surface area contributed by atoms with Crippen molar-refractivity contribution in [3.05, 3.63) is 45.2 Å². The lowest BCUT2D eigenvalue weighted by atomic mass is 9.94. The third-order valence-corrected chi connectivity index (χ3v) is 7.04. The second-order valence-electron chi connectivity index (χ2n) is 5.75. The first kappa shape index (κ1) is 19.1. The molecule has 26 heavy (non-hydrogen) atoms. The summed E-state index contributed by atoms with van der Waals surface area (Å²) in [4.78, 5) is 0.934. The maximum atomic E-state index is 12.7. The van der Waals surface area contributed by atoms with E-state index in [4.69, 9.17) is 21.1 Å². The molecule has 1 aliphatic carbocycles. The zero-order valence-electron chi connectivity index (χ0n) is 14.2. The highest BCUT2D eigenvalue weighted by Gasteiger charge is 2.31. The molecule has 3 rings (SSSR count). The van der Waals surface area contributed by atoms with Crippen molar-refractivity contribution in [1.82, 2.24) is 0 Å². The van der Waals surface area contributed by atoms with Crippen LogP contribution in [-0.4, -0.2) is 27.7 Å². The van der Waals surface area contributed by atoms with Crippen LogP contribution in [0.3, 0.4) is 0 Å². The number of nitrogens with zero attached hydrogens (tertiary/aromatic N) is 1. The first-order valence-corrected chi connectivity index (χ1v) is 10.5. The van der Waals surface area contributed by atoms with E-state index in [0.29, 0.717) is 5.75 Å². The monoisotopic (exact) mass is 414 g/mol. The van der Waals surface area contributed by atoms with E-state index in [0.717, 1.165) is 36.2 Å². The zero-order valence-corrected chi connectivity index (χ0v) is 16.6. The van der Waals surface area contributed by atoms with Gasteiger partial charge in [0.15, 0.2) is 0 Å². The highest BCUT2D eigenvalue weighted by molar-refractivity contribution is 8.18. The summed E-state index contributed by atoms with van der Waals surface area (Å²) in [7, 11) is -1.32. The molecule has 0 unspecified atom stereocenters. The molecule has 0 atom stereocenters. The Kier molecular flexibility index (Phi) is 5.55. The van der Waals surface area contributed by atoms with Gasteiger partial charge in [-0.3, -0.25) is 0 Å². The minimum atomic E-state index is -4.04. The fraction of sp³-hybridized carbons (Fsp3) is 0.353. The highest BCUT2D eigenvalue weighted by atomic mass is 35.5. The number of allylic oxidation sites excluding steroid dienone is 2. The van der Waals surface area contributed by atoms with Crippen LogP contribution in [0, 0.1) is 0 Å². The second-order valence-corrected chi connectivity index (χ2v) is 8.84. The average Bonchev–Trinajstić information content (AvgIpc) is 2.98. The van der Waals surface area contributed by atoms with Gasteiger partial charge in [-0.25, -0.2) is 0 Å². The summed E-state index contributed by atoms with van der Waals surface area (Å²) < 4.78 is 39.2. The van der Waals surface area contributed by atoms with Crippen molar-refractivity contribution < 1.29 is 23.0 Å². The Morgan fingerprint density at radius 2 is 2.00 bits per heavy atom. The van der Waals surface area contributed by atoms with Crippen LogP contribution in [0.1, 0.15) is 25.7 Å². The molecule has 0 N–H and O–H groups in total. The van der Waals surface area contributed by atoms with Gasteiger partial charge in [0, 0.05) is 5.57 Å². The smallest absolute Gasteiger partial charge is 0.283 e. The first-order valence-electron chi connectivity index (χ1n) is 7.91. The summed E-state index contributed by atoms with van der Waals surface area (Å²) in [6.45, 7) is 0. The van der Waals surface area contributed by atoms with E-state index in [1.54, 1.807) is 0 Å². The van der Waals surface area contributed by atoms with E-state index >= 15 is 0 Å². The molecule has 0 saturated carbocycles. The lowest BCUT2D eigenvalue weighted by Gasteiger charge is -2.17. The Labute approximate surface area is 161 Å². The quantitative estimate of drug-likeness (QED) is 0.703. The predicted molar refractivity (Wildman–Crippen MR) is 99.7 cm³/mol. The number of ether oxygens (including phenoxy) is 2. The zero-order chi connectivity index (χ0) is 18.9. The Balaban J connectivity index is 2.04. The molecule has 0 spiro atoms. The molecule has 0 amide bonds. The van der Waals surface area contributed by atoms with Gasteiger partial charge in [-0.1, -0.05) is 23.4 Å². The summed E-state index contributed by atoms with van der Waals surface area (Å²) in [5.74, 6) is -0.196. The summed E-state index contributed by atoms with van der Waals surface area (Å²) in [5.41, 5.74) is 1.12. The van der Waals surface area contributed by atoms with E-state index < -0.39 is 16.0 Å². The third-order valence-electron chi connectivity index (χ3n) is 4.17. The Morgan fingerprint density at radius 3 is 2.65 bits per heavy atom. The number of halogens is 1. The molecular weight excluding hydrogens is 398 g/mol. The van der Waals surface area contributed by atoms with Gasteiger partial charge in [-0.15, -0.1) is 0 Å². The van der Waals surface area contributed by atoms with Gasteiger partial charge in [-0.05, 0) is 61.5 Å². The van der Waals surface area contributed by atoms with E-state index in [1.807, 2.05) is 0 Å². The standard InChI is InChI=1S/C17H18ClNO5S2/c1-23-13-8-7-10(9-12(13)18)26(21,22)19-16-15(17(20)24-2)11-5-3-4-6-14(11)25-16/h7-9,20H,3-6H2,1-2H3/p-1. The van der Waals surface area contributed by atoms with Crippen molar-refractivity contribution in [3.63, 3.8) is 0 Å². The topological polar surface area (TPSA) is 88.0 Å². The maximum absolute atomic E-state index is 12.7. The Bertz CT molecular complexity index is 934. The van der Waals surface area contributed by atoms with Crippen LogP contribution in [0.25, 0.3) is 0 Å². The third kappa shape index (κ3) is 3.58. The van der Waals surface area contributed by atoms with Crippen LogP contribution in [0.15, 0.2) is 49.5 Å². The SMILES string of the molecule is COC([O-])=C1C(=NS(=O)(=O)c2ccc(OC)c(Cl)c2)SC2=C1CCCC2. The van der Waals surface area contributed by atoms with Crippen LogP contribution in [0.5, 0.6) is 5.75 Å². The predicted octanol–water partition coefficient (Wildman–Crippen LogP) is 3.23. The van der Waals surface area contributed by atoms with E-state index in [-0.39, 0.29) is 20.5 Å². The summed E-state index contributed by atoms with van der Waals surface area (Å²) in [6, 6.07) is 4.12. The molecule has 9 heteroatoms. The summed E-state index contributed by atoms with van der Waals surface area (Å²) >= 11 is 7.26. The van der Waals surface area contributed by atoms with Crippen molar-refractivity contribution in [2.45, 2.75) is 30.6 Å². The lowest BCUT2D eigenvalue weighted by Crippen LogP contribution is -2.15. The fourth-order valence-electron chi connectivity index (χ4n) is 2.90. The molecule has 0 radical (unpaired) electrons. The molecule has 1 aliphatic heterocycles. The van der Waals surface area contributed by atoms with Gasteiger partial charge in [0.1, 0.15) is 10.8 Å². The Morgan fingerprint density at radius 1 is 1.27 bits per heavy atom. The largest absolute Gasteiger partial charge is 0.616 e. The van der Waals surface area contributed by atoms with Crippen molar-refractivity contribution in [2.24, 2.45) is 4.40 Å². The van der Waals surface area contributed by atoms with E-state index in [2.05, 4.69) is 4.40 Å². The van der Waals surface area contributed by atoms with Crippen molar-refractivity contribution in [1.29, 1.82) is 0 Å². The van der Waals surface area contributed by atoms with Crippen molar-refractivity contribution >= 4 is 38.4 Å². The van der Waals surface area contributed by atoms with Gasteiger partial charge in [0.05, 0.1) is 23.0 Å². The lowest BCUT2D eigenvalue weighted by molar-refractivity contribution is -0.354. The molecular formula is C17H17ClNO5S2-. The first-order chi connectivity index (χ1) is 12.4. The van der Waals surface area contributed by atoms with Gasteiger partial charge in [-0.2, -0.15) is 12.8 Å². The second kappa shape index (κ2) is 7.54. The molecule has 0 aromatic heterocycles. The normalized spacial score (nSPS) is 21.0. The van der Waals surface area contributed by atoms with Crippen molar-refractivity contribution in [3.8, 4) is 5.75 Å². The molecule has 6 nitrogen and oxygen atoms in total. The summed E-state index contributed by atoms with van der Waals surface area (Å²) in [5, 5.41) is 12.6. The number of hydrogen-bond acceptors (Lipinski definition) is 6. The molecule has 1 aromatic rings. The molecule has 140 valence electrons. The van der Waals surface area contributed by atoms with Crippen LogP contribution >= 0.6 is 23.4 Å². The number of sulfonamides is 1. The van der Waals surface area contributed by atoms with Crippen LogP contribution in [-0.2, 0) is 14.8 Å².